The molecule has 1 aliphatic rings. The highest BCUT2D eigenvalue weighted by Crippen LogP contribution is 2.34. The van der Waals surface area contributed by atoms with Crippen LogP contribution in [0.3, 0.4) is 0 Å². The molecule has 1 atom stereocenters. The molecule has 3 rings (SSSR count). The Bertz CT molecular complexity index is 866. The van der Waals surface area contributed by atoms with E-state index in [0.717, 1.165) is 0 Å². The zero-order chi connectivity index (χ0) is 17.2. The minimum Gasteiger partial charge on any atom is -0.480 e. The summed E-state index contributed by atoms with van der Waals surface area (Å²) in [6, 6.07) is 6.56. The van der Waals surface area contributed by atoms with Crippen LogP contribution in [0.25, 0.3) is 11.4 Å². The first-order valence-electron chi connectivity index (χ1n) is 7.37. The molecule has 0 radical (unpaired) electrons. The third-order valence-electron chi connectivity index (χ3n) is 4.05. The largest absolute Gasteiger partial charge is 0.480 e. The number of carboxylic acids is 1. The lowest BCUT2D eigenvalue weighted by Gasteiger charge is -2.29. The molecule has 0 bridgehead atoms. The summed E-state index contributed by atoms with van der Waals surface area (Å²) in [6.45, 7) is 0. The predicted octanol–water partition coefficient (Wildman–Crippen LogP) is 1.78. The number of hydrogen-bond donors (Lipinski definition) is 3. The summed E-state index contributed by atoms with van der Waals surface area (Å²) < 4.78 is 4.45. The number of carbonyl (C=O) groups is 2. The molecule has 1 aromatic heterocycles. The fraction of sp³-hybridized carbons (Fsp3) is 0.250. The van der Waals surface area contributed by atoms with Crippen molar-refractivity contribution in [3.05, 3.63) is 47.0 Å². The van der Waals surface area contributed by atoms with E-state index in [0.29, 0.717) is 17.7 Å². The molecule has 1 aromatic carbocycles. The van der Waals surface area contributed by atoms with Gasteiger partial charge in [0.2, 0.25) is 5.91 Å². The molecule has 124 valence electrons. The lowest BCUT2D eigenvalue weighted by molar-refractivity contribution is -0.154. The van der Waals surface area contributed by atoms with Crippen LogP contribution < -0.4 is 11.1 Å². The minimum absolute atomic E-state index is 0.157. The molecule has 1 unspecified atom stereocenters. The van der Waals surface area contributed by atoms with Crippen molar-refractivity contribution in [2.75, 3.05) is 5.32 Å². The van der Waals surface area contributed by atoms with Crippen molar-refractivity contribution in [1.29, 1.82) is 0 Å². The summed E-state index contributed by atoms with van der Waals surface area (Å²) >= 11 is 0. The molecule has 0 aliphatic heterocycles. The third kappa shape index (κ3) is 2.85. The van der Waals surface area contributed by atoms with Crippen LogP contribution in [0.5, 0.6) is 0 Å². The SMILES string of the molecule is O=C(O)C1(C(=O)Nc2cccc(-c3noc(=O)[nH]3)c2)CC=CCC1. The Kier molecular flexibility index (Phi) is 4.03. The number of anilines is 1. The van der Waals surface area contributed by atoms with Gasteiger partial charge in [-0.05, 0) is 31.4 Å². The number of benzene rings is 1. The van der Waals surface area contributed by atoms with Crippen LogP contribution in [0.2, 0.25) is 0 Å². The molecule has 0 saturated heterocycles. The van der Waals surface area contributed by atoms with Gasteiger partial charge in [-0.1, -0.05) is 29.4 Å². The van der Waals surface area contributed by atoms with Crippen molar-refractivity contribution < 1.29 is 19.2 Å². The van der Waals surface area contributed by atoms with Crippen LogP contribution in [0.1, 0.15) is 19.3 Å². The topological polar surface area (TPSA) is 125 Å². The molecule has 1 amide bonds. The monoisotopic (exact) mass is 329 g/mol. The number of aromatic nitrogens is 2. The van der Waals surface area contributed by atoms with E-state index in [1.165, 1.54) is 0 Å². The molecule has 24 heavy (non-hydrogen) atoms. The molecule has 8 heteroatoms. The molecule has 0 saturated carbocycles. The van der Waals surface area contributed by atoms with Crippen LogP contribution in [-0.4, -0.2) is 27.1 Å². The lowest BCUT2D eigenvalue weighted by Crippen LogP contribution is -2.43. The molecule has 1 heterocycles. The number of nitrogens with zero attached hydrogens (tertiary/aromatic N) is 1. The predicted molar refractivity (Wildman–Crippen MR) is 84.2 cm³/mol. The van der Waals surface area contributed by atoms with Crippen LogP contribution >= 0.6 is 0 Å². The van der Waals surface area contributed by atoms with Crippen LogP contribution in [0.4, 0.5) is 5.69 Å². The number of carboxylic acid groups (broad SMARTS) is 1. The number of hydrogen-bond acceptors (Lipinski definition) is 5. The summed E-state index contributed by atoms with van der Waals surface area (Å²) in [6.07, 6.45) is 4.54. The van der Waals surface area contributed by atoms with Gasteiger partial charge < -0.3 is 10.4 Å². The van der Waals surface area contributed by atoms with E-state index < -0.39 is 23.0 Å². The Labute approximate surface area is 136 Å². The van der Waals surface area contributed by atoms with Crippen molar-refractivity contribution >= 4 is 17.6 Å². The van der Waals surface area contributed by atoms with Gasteiger partial charge in [-0.15, -0.1) is 0 Å². The van der Waals surface area contributed by atoms with Gasteiger partial charge in [-0.2, -0.15) is 0 Å². The molecule has 0 spiro atoms. The van der Waals surface area contributed by atoms with Gasteiger partial charge in [-0.25, -0.2) is 4.79 Å². The summed E-state index contributed by atoms with van der Waals surface area (Å²) in [5.41, 5.74) is -0.518. The van der Waals surface area contributed by atoms with E-state index in [2.05, 4.69) is 20.0 Å². The number of aromatic amines is 1. The fourth-order valence-electron chi connectivity index (χ4n) is 2.68. The first-order chi connectivity index (χ1) is 11.5. The zero-order valence-electron chi connectivity index (χ0n) is 12.6. The Hall–Kier alpha value is -3.16. The minimum atomic E-state index is -1.47. The van der Waals surface area contributed by atoms with Crippen molar-refractivity contribution in [3.63, 3.8) is 0 Å². The molecule has 2 aromatic rings. The van der Waals surface area contributed by atoms with Crippen LogP contribution in [0, 0.1) is 5.41 Å². The average Bonchev–Trinajstić information content (AvgIpc) is 3.02. The number of aliphatic carboxylic acids is 1. The van der Waals surface area contributed by atoms with E-state index in [1.807, 2.05) is 6.08 Å². The van der Waals surface area contributed by atoms with Crippen molar-refractivity contribution in [1.82, 2.24) is 10.1 Å². The first kappa shape index (κ1) is 15.7. The highest BCUT2D eigenvalue weighted by atomic mass is 16.5. The smallest absolute Gasteiger partial charge is 0.439 e. The molecule has 0 fully saturated rings. The maximum atomic E-state index is 12.6. The second-order valence-electron chi connectivity index (χ2n) is 5.58. The second-order valence-corrected chi connectivity index (χ2v) is 5.58. The van der Waals surface area contributed by atoms with Gasteiger partial charge in [-0.3, -0.25) is 19.1 Å². The van der Waals surface area contributed by atoms with Crippen molar-refractivity contribution in [2.24, 2.45) is 5.41 Å². The van der Waals surface area contributed by atoms with E-state index >= 15 is 0 Å². The van der Waals surface area contributed by atoms with Gasteiger partial charge in [0, 0.05) is 11.3 Å². The number of rotatable bonds is 4. The Balaban J connectivity index is 1.85. The molecular formula is C16H15N3O5. The number of H-pyrrole nitrogens is 1. The molecule has 3 N–H and O–H groups in total. The summed E-state index contributed by atoms with van der Waals surface area (Å²) in [7, 11) is 0. The standard InChI is InChI=1S/C16H15N3O5/c20-13(16(14(21)22)7-2-1-3-8-16)17-11-6-4-5-10(9-11)12-18-15(23)24-19-12/h1-2,4-6,9H,3,7-8H2,(H,17,20)(H,21,22)(H,18,19,23). The normalized spacial score (nSPS) is 19.8. The molecular weight excluding hydrogens is 314 g/mol. The average molecular weight is 329 g/mol. The van der Waals surface area contributed by atoms with E-state index in [-0.39, 0.29) is 18.7 Å². The summed E-state index contributed by atoms with van der Waals surface area (Å²) in [4.78, 5) is 37.6. The molecule has 8 nitrogen and oxygen atoms in total. The van der Waals surface area contributed by atoms with E-state index in [4.69, 9.17) is 0 Å². The Morgan fingerprint density at radius 2 is 2.17 bits per heavy atom. The van der Waals surface area contributed by atoms with E-state index in [1.54, 1.807) is 30.3 Å². The highest BCUT2D eigenvalue weighted by Gasteiger charge is 2.45. The zero-order valence-corrected chi connectivity index (χ0v) is 12.6. The maximum absolute atomic E-state index is 12.6. The second kappa shape index (κ2) is 6.15. The molecule has 1 aliphatic carbocycles. The fourth-order valence-corrected chi connectivity index (χ4v) is 2.68. The van der Waals surface area contributed by atoms with Crippen LogP contribution in [0.15, 0.2) is 45.7 Å². The van der Waals surface area contributed by atoms with Crippen LogP contribution in [-0.2, 0) is 9.59 Å². The van der Waals surface area contributed by atoms with Crippen molar-refractivity contribution in [2.45, 2.75) is 19.3 Å². The van der Waals surface area contributed by atoms with Crippen molar-refractivity contribution in [3.8, 4) is 11.4 Å². The van der Waals surface area contributed by atoms with Gasteiger partial charge in [0.05, 0.1) is 0 Å². The lowest BCUT2D eigenvalue weighted by atomic mass is 9.76. The highest BCUT2D eigenvalue weighted by molar-refractivity contribution is 6.08. The number of allylic oxidation sites excluding steroid dienone is 2. The maximum Gasteiger partial charge on any atom is 0.439 e. The van der Waals surface area contributed by atoms with Gasteiger partial charge >= 0.3 is 11.7 Å². The first-order valence-corrected chi connectivity index (χ1v) is 7.37. The van der Waals surface area contributed by atoms with Gasteiger partial charge in [0.15, 0.2) is 5.82 Å². The summed E-state index contributed by atoms with van der Waals surface area (Å²) in [5, 5.41) is 15.7. The summed E-state index contributed by atoms with van der Waals surface area (Å²) in [5.74, 6) is -2.16. The Morgan fingerprint density at radius 3 is 2.79 bits per heavy atom. The Morgan fingerprint density at radius 1 is 1.33 bits per heavy atom. The van der Waals surface area contributed by atoms with E-state index in [9.17, 15) is 19.5 Å². The third-order valence-corrected chi connectivity index (χ3v) is 4.05. The number of nitrogens with one attached hydrogen (secondary N) is 2. The number of amides is 1. The van der Waals surface area contributed by atoms with Gasteiger partial charge in [0.1, 0.15) is 5.41 Å². The van der Waals surface area contributed by atoms with Gasteiger partial charge in [0.25, 0.3) is 0 Å². The quantitative estimate of drug-likeness (QED) is 0.580. The number of carbonyl (C=O) groups excluding carboxylic acids is 1.